The van der Waals surface area contributed by atoms with Crippen molar-refractivity contribution in [1.29, 1.82) is 0 Å². The summed E-state index contributed by atoms with van der Waals surface area (Å²) in [5.74, 6) is -0.501. The van der Waals surface area contributed by atoms with Gasteiger partial charge in [-0.1, -0.05) is 24.8 Å². The number of nitrogens with zero attached hydrogens (tertiary/aromatic N) is 1. The molecule has 1 N–H and O–H groups in total. The Morgan fingerprint density at radius 2 is 2.00 bits per heavy atom. The van der Waals surface area contributed by atoms with Gasteiger partial charge in [0, 0.05) is 19.7 Å². The average Bonchev–Trinajstić information content (AvgIpc) is 3.16. The lowest BCUT2D eigenvalue weighted by Gasteiger charge is -2.35. The Hall–Kier alpha value is -2.34. The van der Waals surface area contributed by atoms with E-state index in [0.717, 1.165) is 12.8 Å². The molecule has 1 unspecified atom stereocenters. The van der Waals surface area contributed by atoms with Gasteiger partial charge < -0.3 is 19.5 Å². The number of amides is 1. The number of carbonyl (C=O) groups is 2. The Labute approximate surface area is 153 Å². The van der Waals surface area contributed by atoms with Crippen LogP contribution in [-0.4, -0.2) is 54.3 Å². The third-order valence-electron chi connectivity index (χ3n) is 5.22. The third-order valence-corrected chi connectivity index (χ3v) is 5.22. The van der Waals surface area contributed by atoms with Gasteiger partial charge in [0.25, 0.3) is 5.91 Å². The van der Waals surface area contributed by atoms with Crippen molar-refractivity contribution in [1.82, 2.24) is 4.90 Å². The first kappa shape index (κ1) is 18.5. The number of likely N-dealkylation sites (tertiary alicyclic amines) is 1. The van der Waals surface area contributed by atoms with Gasteiger partial charge in [0.2, 0.25) is 0 Å². The summed E-state index contributed by atoms with van der Waals surface area (Å²) in [6, 6.07) is 7.22. The summed E-state index contributed by atoms with van der Waals surface area (Å²) < 4.78 is 11.3. The van der Waals surface area contributed by atoms with Crippen LogP contribution in [-0.2, 0) is 9.53 Å². The van der Waals surface area contributed by atoms with Crippen molar-refractivity contribution in [3.8, 4) is 5.75 Å². The Morgan fingerprint density at radius 1 is 1.27 bits per heavy atom. The number of carboxylic acid groups (broad SMARTS) is 1. The normalized spacial score (nSPS) is 23.6. The molecule has 2 aliphatic heterocycles. The first-order valence-corrected chi connectivity index (χ1v) is 9.08. The minimum absolute atomic E-state index is 0.0507. The van der Waals surface area contributed by atoms with Crippen molar-refractivity contribution < 1.29 is 24.2 Å². The van der Waals surface area contributed by atoms with Crippen LogP contribution in [0.3, 0.4) is 0 Å². The molecule has 2 fully saturated rings. The molecule has 6 heteroatoms. The van der Waals surface area contributed by atoms with Crippen molar-refractivity contribution in [2.24, 2.45) is 11.8 Å². The fourth-order valence-electron chi connectivity index (χ4n) is 3.86. The number of aliphatic carboxylic acids is 1. The molecular weight excluding hydrogens is 334 g/mol. The molecule has 3 rings (SSSR count). The van der Waals surface area contributed by atoms with E-state index in [4.69, 9.17) is 9.47 Å². The summed E-state index contributed by atoms with van der Waals surface area (Å²) in [6.45, 7) is 5.69. The van der Waals surface area contributed by atoms with Crippen molar-refractivity contribution in [3.05, 3.63) is 42.5 Å². The lowest BCUT2D eigenvalue weighted by Crippen LogP contribution is -2.43. The summed E-state index contributed by atoms with van der Waals surface area (Å²) in [5, 5.41) is 9.34. The van der Waals surface area contributed by atoms with Gasteiger partial charge in [-0.15, -0.1) is 0 Å². The highest BCUT2D eigenvalue weighted by Gasteiger charge is 2.40. The van der Waals surface area contributed by atoms with Gasteiger partial charge in [0.05, 0.1) is 17.6 Å². The van der Waals surface area contributed by atoms with Gasteiger partial charge in [-0.3, -0.25) is 9.59 Å². The van der Waals surface area contributed by atoms with Gasteiger partial charge in [-0.05, 0) is 37.3 Å². The van der Waals surface area contributed by atoms with Crippen LogP contribution in [0.5, 0.6) is 5.75 Å². The predicted octanol–water partition coefficient (Wildman–Crippen LogP) is 2.59. The van der Waals surface area contributed by atoms with Gasteiger partial charge in [-0.2, -0.15) is 0 Å². The Kier molecular flexibility index (Phi) is 5.93. The molecule has 6 nitrogen and oxygen atoms in total. The SMILES string of the molecule is C=CCOc1ccccc1C(=O)N1CCC([C@@H]2OCCC2C(=O)O)CC1. The molecule has 2 saturated heterocycles. The van der Waals surface area contributed by atoms with Gasteiger partial charge in [0.1, 0.15) is 12.4 Å². The largest absolute Gasteiger partial charge is 0.489 e. The number of hydrogen-bond acceptors (Lipinski definition) is 4. The summed E-state index contributed by atoms with van der Waals surface area (Å²) >= 11 is 0. The number of ether oxygens (including phenoxy) is 2. The smallest absolute Gasteiger partial charge is 0.309 e. The highest BCUT2D eigenvalue weighted by atomic mass is 16.5. The number of carboxylic acids is 1. The fraction of sp³-hybridized carbons (Fsp3) is 0.500. The lowest BCUT2D eigenvalue weighted by molar-refractivity contribution is -0.145. The van der Waals surface area contributed by atoms with E-state index < -0.39 is 11.9 Å². The quantitative estimate of drug-likeness (QED) is 0.790. The Morgan fingerprint density at radius 3 is 2.69 bits per heavy atom. The second-order valence-corrected chi connectivity index (χ2v) is 6.79. The fourth-order valence-corrected chi connectivity index (χ4v) is 3.86. The average molecular weight is 359 g/mol. The third kappa shape index (κ3) is 3.90. The van der Waals surface area contributed by atoms with Gasteiger partial charge in [-0.25, -0.2) is 0 Å². The number of piperidine rings is 1. The monoisotopic (exact) mass is 359 g/mol. The maximum Gasteiger partial charge on any atom is 0.309 e. The van der Waals surface area contributed by atoms with E-state index in [-0.39, 0.29) is 17.9 Å². The van der Waals surface area contributed by atoms with Gasteiger partial charge >= 0.3 is 5.97 Å². The standard InChI is InChI=1S/C20H25NO5/c1-2-12-25-17-6-4-3-5-15(17)19(22)21-10-7-14(8-11-21)18-16(20(23)24)9-13-26-18/h2-6,14,16,18H,1,7-13H2,(H,23,24)/t16?,18-/m0/s1. The van der Waals surface area contributed by atoms with Crippen LogP contribution in [0, 0.1) is 11.8 Å². The number of hydrogen-bond donors (Lipinski definition) is 1. The predicted molar refractivity (Wildman–Crippen MR) is 96.2 cm³/mol. The molecule has 0 radical (unpaired) electrons. The Bertz CT molecular complexity index is 666. The van der Waals surface area contributed by atoms with E-state index in [1.165, 1.54) is 0 Å². The van der Waals surface area contributed by atoms with Crippen molar-refractivity contribution in [2.45, 2.75) is 25.4 Å². The van der Waals surface area contributed by atoms with Crippen molar-refractivity contribution in [2.75, 3.05) is 26.3 Å². The topological polar surface area (TPSA) is 76.1 Å². The molecular formula is C20H25NO5. The first-order chi connectivity index (χ1) is 12.6. The molecule has 0 bridgehead atoms. The maximum absolute atomic E-state index is 12.9. The van der Waals surface area contributed by atoms with Crippen LogP contribution in [0.25, 0.3) is 0 Å². The molecule has 26 heavy (non-hydrogen) atoms. The molecule has 2 heterocycles. The van der Waals surface area contributed by atoms with Crippen LogP contribution < -0.4 is 4.74 Å². The van der Waals surface area contributed by atoms with E-state index in [2.05, 4.69) is 6.58 Å². The minimum atomic E-state index is -0.778. The molecule has 2 atom stereocenters. The molecule has 1 amide bonds. The second-order valence-electron chi connectivity index (χ2n) is 6.79. The van der Waals surface area contributed by atoms with E-state index in [1.807, 2.05) is 17.0 Å². The minimum Gasteiger partial charge on any atom is -0.489 e. The highest BCUT2D eigenvalue weighted by molar-refractivity contribution is 5.97. The number of rotatable bonds is 6. The van der Waals surface area contributed by atoms with Crippen LogP contribution in [0.4, 0.5) is 0 Å². The summed E-state index contributed by atoms with van der Waals surface area (Å²) in [5.41, 5.74) is 0.549. The molecule has 1 aromatic carbocycles. The Balaban J connectivity index is 1.62. The van der Waals surface area contributed by atoms with Crippen LogP contribution in [0.15, 0.2) is 36.9 Å². The number of benzene rings is 1. The second kappa shape index (κ2) is 8.36. The zero-order valence-electron chi connectivity index (χ0n) is 14.8. The lowest BCUT2D eigenvalue weighted by atomic mass is 9.84. The summed E-state index contributed by atoms with van der Waals surface area (Å²) in [7, 11) is 0. The molecule has 0 aromatic heterocycles. The first-order valence-electron chi connectivity index (χ1n) is 9.08. The number of carbonyl (C=O) groups excluding carboxylic acids is 1. The molecule has 0 saturated carbocycles. The van der Waals surface area contributed by atoms with E-state index in [1.54, 1.807) is 18.2 Å². The number of para-hydroxylation sites is 1. The van der Waals surface area contributed by atoms with Crippen LogP contribution >= 0.6 is 0 Å². The van der Waals surface area contributed by atoms with E-state index in [9.17, 15) is 14.7 Å². The zero-order chi connectivity index (χ0) is 18.5. The molecule has 1 aromatic rings. The van der Waals surface area contributed by atoms with E-state index in [0.29, 0.717) is 44.0 Å². The van der Waals surface area contributed by atoms with Crippen molar-refractivity contribution in [3.63, 3.8) is 0 Å². The van der Waals surface area contributed by atoms with Gasteiger partial charge in [0.15, 0.2) is 0 Å². The molecule has 2 aliphatic rings. The van der Waals surface area contributed by atoms with Crippen molar-refractivity contribution >= 4 is 11.9 Å². The molecule has 0 spiro atoms. The van der Waals surface area contributed by atoms with E-state index >= 15 is 0 Å². The highest BCUT2D eigenvalue weighted by Crippen LogP contribution is 2.34. The molecule has 0 aliphatic carbocycles. The summed E-state index contributed by atoms with van der Waals surface area (Å²) in [4.78, 5) is 26.1. The maximum atomic E-state index is 12.9. The molecule has 140 valence electrons. The van der Waals surface area contributed by atoms with Crippen LogP contribution in [0.1, 0.15) is 29.6 Å². The van der Waals surface area contributed by atoms with Crippen LogP contribution in [0.2, 0.25) is 0 Å². The summed E-state index contributed by atoms with van der Waals surface area (Å²) in [6.07, 6.45) is 3.51. The zero-order valence-corrected chi connectivity index (χ0v) is 14.8.